The minimum absolute atomic E-state index is 0.159. The van der Waals surface area contributed by atoms with Gasteiger partial charge < -0.3 is 10.4 Å². The topological polar surface area (TPSA) is 50.1 Å². The van der Waals surface area contributed by atoms with Crippen molar-refractivity contribution in [1.82, 2.24) is 15.1 Å². The summed E-state index contributed by atoms with van der Waals surface area (Å²) in [4.78, 5) is 0. The largest absolute Gasteiger partial charge is 0.394 e. The van der Waals surface area contributed by atoms with E-state index in [1.54, 1.807) is 0 Å². The van der Waals surface area contributed by atoms with E-state index < -0.39 is 0 Å². The van der Waals surface area contributed by atoms with Crippen molar-refractivity contribution >= 4 is 15.9 Å². The van der Waals surface area contributed by atoms with E-state index in [2.05, 4.69) is 54.0 Å². The molecule has 0 aromatic carbocycles. The molecular weight excluding hydrogens is 306 g/mol. The van der Waals surface area contributed by atoms with Gasteiger partial charge in [0.25, 0.3) is 0 Å². The van der Waals surface area contributed by atoms with Crippen LogP contribution in [-0.4, -0.2) is 33.1 Å². The first-order valence-electron chi connectivity index (χ1n) is 6.87. The predicted molar refractivity (Wildman–Crippen MR) is 82.4 cm³/mol. The molecule has 1 aromatic heterocycles. The van der Waals surface area contributed by atoms with Crippen molar-refractivity contribution < 1.29 is 5.11 Å². The van der Waals surface area contributed by atoms with E-state index in [-0.39, 0.29) is 12.1 Å². The first-order valence-corrected chi connectivity index (χ1v) is 7.66. The van der Waals surface area contributed by atoms with Gasteiger partial charge in [-0.2, -0.15) is 5.10 Å². The number of halogens is 1. The van der Waals surface area contributed by atoms with Crippen LogP contribution in [0.2, 0.25) is 0 Å². The van der Waals surface area contributed by atoms with E-state index in [1.807, 2.05) is 11.6 Å². The first kappa shape index (κ1) is 16.7. The second kappa shape index (κ2) is 6.86. The van der Waals surface area contributed by atoms with Gasteiger partial charge in [0.1, 0.15) is 0 Å². The Labute approximate surface area is 124 Å². The van der Waals surface area contributed by atoms with Gasteiger partial charge in [0, 0.05) is 23.8 Å². The summed E-state index contributed by atoms with van der Waals surface area (Å²) < 4.78 is 3.13. The van der Waals surface area contributed by atoms with E-state index in [9.17, 15) is 5.11 Å². The lowest BCUT2D eigenvalue weighted by Crippen LogP contribution is -2.49. The summed E-state index contributed by atoms with van der Waals surface area (Å²) in [6, 6.07) is 0.375. The van der Waals surface area contributed by atoms with E-state index in [0.717, 1.165) is 29.6 Å². The lowest BCUT2D eigenvalue weighted by Gasteiger charge is -2.31. The highest BCUT2D eigenvalue weighted by atomic mass is 79.9. The number of nitrogens with one attached hydrogen (secondary N) is 1. The molecule has 1 unspecified atom stereocenters. The van der Waals surface area contributed by atoms with Gasteiger partial charge in [-0.05, 0) is 49.5 Å². The number of aromatic nitrogens is 2. The normalized spacial score (nSPS) is 14.9. The molecule has 5 heteroatoms. The highest BCUT2D eigenvalue weighted by Crippen LogP contribution is 2.21. The third kappa shape index (κ3) is 4.58. The Bertz CT molecular complexity index is 417. The standard InChI is InChI=1S/C14H26BrN3O/c1-10(2)16-14(5,9-19)7-6-8-18-12(4)13(15)11(3)17-18/h10,16,19H,6-9H2,1-5H3. The van der Waals surface area contributed by atoms with Gasteiger partial charge in [-0.25, -0.2) is 0 Å². The molecule has 0 bridgehead atoms. The number of hydrogen-bond acceptors (Lipinski definition) is 3. The molecule has 0 aliphatic rings. The van der Waals surface area contributed by atoms with Crippen LogP contribution in [0.1, 0.15) is 45.0 Å². The van der Waals surface area contributed by atoms with Gasteiger partial charge in [0.05, 0.1) is 16.8 Å². The molecule has 110 valence electrons. The zero-order valence-corrected chi connectivity index (χ0v) is 14.2. The smallest absolute Gasteiger partial charge is 0.0738 e. The summed E-state index contributed by atoms with van der Waals surface area (Å²) in [6.45, 7) is 11.4. The second-order valence-electron chi connectivity index (χ2n) is 5.83. The molecule has 1 rings (SSSR count). The molecule has 0 saturated heterocycles. The molecule has 1 aromatic rings. The Morgan fingerprint density at radius 1 is 1.42 bits per heavy atom. The van der Waals surface area contributed by atoms with Gasteiger partial charge in [0.15, 0.2) is 0 Å². The summed E-state index contributed by atoms with van der Waals surface area (Å²) >= 11 is 3.54. The fourth-order valence-corrected chi connectivity index (χ4v) is 2.69. The van der Waals surface area contributed by atoms with E-state index in [4.69, 9.17) is 0 Å². The van der Waals surface area contributed by atoms with E-state index in [1.165, 1.54) is 5.69 Å². The van der Waals surface area contributed by atoms with E-state index in [0.29, 0.717) is 6.04 Å². The number of rotatable bonds is 7. The summed E-state index contributed by atoms with van der Waals surface area (Å²) in [5.74, 6) is 0. The highest BCUT2D eigenvalue weighted by molar-refractivity contribution is 9.10. The van der Waals surface area contributed by atoms with Crippen molar-refractivity contribution in [2.75, 3.05) is 6.61 Å². The average Bonchev–Trinajstić information content (AvgIpc) is 2.56. The number of aliphatic hydroxyl groups excluding tert-OH is 1. The Morgan fingerprint density at radius 3 is 2.47 bits per heavy atom. The minimum Gasteiger partial charge on any atom is -0.394 e. The second-order valence-corrected chi connectivity index (χ2v) is 6.62. The minimum atomic E-state index is -0.207. The van der Waals surface area contributed by atoms with Crippen LogP contribution in [0.4, 0.5) is 0 Å². The molecule has 0 amide bonds. The molecule has 0 spiro atoms. The molecule has 19 heavy (non-hydrogen) atoms. The van der Waals surface area contributed by atoms with Gasteiger partial charge in [-0.15, -0.1) is 0 Å². The molecule has 0 aliphatic carbocycles. The monoisotopic (exact) mass is 331 g/mol. The Kier molecular flexibility index (Phi) is 6.02. The number of hydrogen-bond donors (Lipinski definition) is 2. The molecular formula is C14H26BrN3O. The van der Waals surface area contributed by atoms with Crippen LogP contribution in [-0.2, 0) is 6.54 Å². The van der Waals surface area contributed by atoms with Crippen LogP contribution in [0.3, 0.4) is 0 Å². The summed E-state index contributed by atoms with van der Waals surface area (Å²) in [6.07, 6.45) is 1.92. The lowest BCUT2D eigenvalue weighted by atomic mass is 9.96. The molecule has 0 saturated carbocycles. The maximum Gasteiger partial charge on any atom is 0.0738 e. The molecule has 0 fully saturated rings. The quantitative estimate of drug-likeness (QED) is 0.807. The average molecular weight is 332 g/mol. The summed E-state index contributed by atoms with van der Waals surface area (Å²) in [5, 5.41) is 17.5. The zero-order valence-electron chi connectivity index (χ0n) is 12.6. The van der Waals surface area contributed by atoms with Crippen LogP contribution in [0.15, 0.2) is 4.47 Å². The van der Waals surface area contributed by atoms with Crippen molar-refractivity contribution in [3.05, 3.63) is 15.9 Å². The van der Waals surface area contributed by atoms with Crippen LogP contribution in [0, 0.1) is 13.8 Å². The van der Waals surface area contributed by atoms with Crippen LogP contribution in [0.25, 0.3) is 0 Å². The SMILES string of the molecule is Cc1nn(CCCC(C)(CO)NC(C)C)c(C)c1Br. The maximum absolute atomic E-state index is 9.54. The zero-order chi connectivity index (χ0) is 14.6. The van der Waals surface area contributed by atoms with Crippen LogP contribution < -0.4 is 5.32 Å². The molecule has 1 heterocycles. The van der Waals surface area contributed by atoms with Crippen molar-refractivity contribution in [2.24, 2.45) is 0 Å². The van der Waals surface area contributed by atoms with Crippen molar-refractivity contribution in [1.29, 1.82) is 0 Å². The fraction of sp³-hybridized carbons (Fsp3) is 0.786. The Morgan fingerprint density at radius 2 is 2.05 bits per heavy atom. The maximum atomic E-state index is 9.54. The number of aryl methyl sites for hydroxylation is 2. The molecule has 4 nitrogen and oxygen atoms in total. The van der Waals surface area contributed by atoms with Crippen molar-refractivity contribution in [3.8, 4) is 0 Å². The summed E-state index contributed by atoms with van der Waals surface area (Å²) in [5.41, 5.74) is 1.99. The third-order valence-corrected chi connectivity index (χ3v) is 4.53. The van der Waals surface area contributed by atoms with Crippen molar-refractivity contribution in [3.63, 3.8) is 0 Å². The Balaban J connectivity index is 2.55. The van der Waals surface area contributed by atoms with Crippen LogP contribution >= 0.6 is 15.9 Å². The first-order chi connectivity index (χ1) is 8.79. The fourth-order valence-electron chi connectivity index (χ4n) is 2.41. The van der Waals surface area contributed by atoms with Gasteiger partial charge in [0.2, 0.25) is 0 Å². The summed E-state index contributed by atoms with van der Waals surface area (Å²) in [7, 11) is 0. The highest BCUT2D eigenvalue weighted by Gasteiger charge is 2.23. The third-order valence-electron chi connectivity index (χ3n) is 3.38. The van der Waals surface area contributed by atoms with Gasteiger partial charge in [-0.3, -0.25) is 4.68 Å². The lowest BCUT2D eigenvalue weighted by molar-refractivity contribution is 0.153. The molecule has 2 N–H and O–H groups in total. The Hall–Kier alpha value is -0.390. The molecule has 1 atom stereocenters. The molecule has 0 aliphatic heterocycles. The van der Waals surface area contributed by atoms with Gasteiger partial charge in [-0.1, -0.05) is 13.8 Å². The van der Waals surface area contributed by atoms with Crippen molar-refractivity contribution in [2.45, 2.75) is 65.6 Å². The van der Waals surface area contributed by atoms with E-state index >= 15 is 0 Å². The predicted octanol–water partition coefficient (Wildman–Crippen LogP) is 2.79. The number of aliphatic hydroxyl groups is 1. The van der Waals surface area contributed by atoms with Crippen LogP contribution in [0.5, 0.6) is 0 Å². The molecule has 0 radical (unpaired) electrons. The van der Waals surface area contributed by atoms with Gasteiger partial charge >= 0.3 is 0 Å². The number of nitrogens with zero attached hydrogens (tertiary/aromatic N) is 2.